The summed E-state index contributed by atoms with van der Waals surface area (Å²) in [5, 5.41) is 14.2. The predicted molar refractivity (Wildman–Crippen MR) is 98.7 cm³/mol. The van der Waals surface area contributed by atoms with Crippen LogP contribution in [0.5, 0.6) is 0 Å². The summed E-state index contributed by atoms with van der Waals surface area (Å²) in [6.45, 7) is 5.50. The Morgan fingerprint density at radius 3 is 2.74 bits per heavy atom. The molecular formula is C19H22FN5O2. The number of ether oxygens (including phenoxy) is 1. The van der Waals surface area contributed by atoms with Gasteiger partial charge in [0.25, 0.3) is 5.91 Å². The van der Waals surface area contributed by atoms with Crippen molar-refractivity contribution in [2.75, 3.05) is 13.7 Å². The van der Waals surface area contributed by atoms with E-state index in [1.54, 1.807) is 25.3 Å². The fraction of sp³-hybridized carbons (Fsp3) is 0.316. The Morgan fingerprint density at radius 2 is 2.04 bits per heavy atom. The normalized spacial score (nSPS) is 11.0. The van der Waals surface area contributed by atoms with E-state index in [9.17, 15) is 9.18 Å². The van der Waals surface area contributed by atoms with E-state index in [1.165, 1.54) is 12.1 Å². The van der Waals surface area contributed by atoms with Gasteiger partial charge in [-0.2, -0.15) is 10.2 Å². The van der Waals surface area contributed by atoms with E-state index < -0.39 is 0 Å². The van der Waals surface area contributed by atoms with Crippen molar-refractivity contribution in [3.05, 3.63) is 58.8 Å². The van der Waals surface area contributed by atoms with Crippen LogP contribution in [-0.2, 0) is 17.8 Å². The van der Waals surface area contributed by atoms with E-state index in [2.05, 4.69) is 20.6 Å². The van der Waals surface area contributed by atoms with Crippen LogP contribution in [0.1, 0.15) is 27.4 Å². The molecule has 0 aliphatic rings. The Balaban J connectivity index is 1.66. The fourth-order valence-electron chi connectivity index (χ4n) is 2.86. The number of amides is 1. The topological polar surface area (TPSA) is 84.8 Å². The van der Waals surface area contributed by atoms with Gasteiger partial charge >= 0.3 is 0 Å². The van der Waals surface area contributed by atoms with Crippen molar-refractivity contribution in [1.82, 2.24) is 25.3 Å². The molecular weight excluding hydrogens is 349 g/mol. The van der Waals surface area contributed by atoms with Crippen LogP contribution in [0.15, 0.2) is 30.3 Å². The molecule has 0 fully saturated rings. The second kappa shape index (κ2) is 8.13. The number of carbonyl (C=O) groups is 1. The maximum atomic E-state index is 13.0. The Hall–Kier alpha value is -3.00. The minimum absolute atomic E-state index is 0.265. The fourth-order valence-corrected chi connectivity index (χ4v) is 2.86. The SMILES string of the molecule is COCCn1nc(C)c(CNC(=O)c2cc(-c3ccc(F)cc3)n[nH]2)c1C. The number of rotatable bonds is 7. The summed E-state index contributed by atoms with van der Waals surface area (Å²) in [7, 11) is 1.65. The average molecular weight is 371 g/mol. The number of nitrogens with one attached hydrogen (secondary N) is 2. The van der Waals surface area contributed by atoms with Gasteiger partial charge in [-0.05, 0) is 44.2 Å². The molecule has 1 amide bonds. The summed E-state index contributed by atoms with van der Waals surface area (Å²) < 4.78 is 20.0. The van der Waals surface area contributed by atoms with Crippen molar-refractivity contribution < 1.29 is 13.9 Å². The third-order valence-electron chi connectivity index (χ3n) is 4.43. The van der Waals surface area contributed by atoms with Gasteiger partial charge in [-0.1, -0.05) is 0 Å². The number of hydrogen-bond acceptors (Lipinski definition) is 4. The van der Waals surface area contributed by atoms with Crippen molar-refractivity contribution in [2.24, 2.45) is 0 Å². The summed E-state index contributed by atoms with van der Waals surface area (Å²) >= 11 is 0. The molecule has 0 saturated heterocycles. The van der Waals surface area contributed by atoms with Gasteiger partial charge in [-0.25, -0.2) is 4.39 Å². The number of aromatic amines is 1. The molecule has 3 rings (SSSR count). The molecule has 7 nitrogen and oxygen atoms in total. The molecule has 0 saturated carbocycles. The van der Waals surface area contributed by atoms with E-state index in [4.69, 9.17) is 4.74 Å². The van der Waals surface area contributed by atoms with Crippen molar-refractivity contribution >= 4 is 5.91 Å². The Labute approximate surface area is 156 Å². The van der Waals surface area contributed by atoms with Crippen LogP contribution in [-0.4, -0.2) is 39.6 Å². The molecule has 2 heterocycles. The molecule has 0 aliphatic carbocycles. The van der Waals surface area contributed by atoms with Gasteiger partial charge in [0.2, 0.25) is 0 Å². The lowest BCUT2D eigenvalue weighted by atomic mass is 10.1. The number of methoxy groups -OCH3 is 1. The first-order chi connectivity index (χ1) is 13.0. The zero-order valence-corrected chi connectivity index (χ0v) is 15.5. The van der Waals surface area contributed by atoms with Gasteiger partial charge in [0.15, 0.2) is 0 Å². The number of aromatic nitrogens is 4. The number of halogens is 1. The number of carbonyl (C=O) groups excluding carboxylic acids is 1. The van der Waals surface area contributed by atoms with Gasteiger partial charge in [0.05, 0.1) is 24.5 Å². The first kappa shape index (κ1) is 18.8. The summed E-state index contributed by atoms with van der Waals surface area (Å²) in [6, 6.07) is 7.60. The van der Waals surface area contributed by atoms with Gasteiger partial charge in [0, 0.05) is 30.5 Å². The lowest BCUT2D eigenvalue weighted by Gasteiger charge is -2.06. The molecule has 0 unspecified atom stereocenters. The highest BCUT2D eigenvalue weighted by atomic mass is 19.1. The smallest absolute Gasteiger partial charge is 0.269 e. The van der Waals surface area contributed by atoms with Crippen LogP contribution in [0.2, 0.25) is 0 Å². The average Bonchev–Trinajstić information content (AvgIpc) is 3.24. The second-order valence-electron chi connectivity index (χ2n) is 6.22. The molecule has 0 bridgehead atoms. The van der Waals surface area contributed by atoms with Crippen molar-refractivity contribution in [3.8, 4) is 11.3 Å². The van der Waals surface area contributed by atoms with E-state index >= 15 is 0 Å². The van der Waals surface area contributed by atoms with Crippen LogP contribution in [0.3, 0.4) is 0 Å². The highest BCUT2D eigenvalue weighted by molar-refractivity contribution is 5.93. The zero-order chi connectivity index (χ0) is 19.4. The molecule has 0 radical (unpaired) electrons. The van der Waals surface area contributed by atoms with Crippen molar-refractivity contribution in [1.29, 1.82) is 0 Å². The van der Waals surface area contributed by atoms with Gasteiger partial charge in [0.1, 0.15) is 11.5 Å². The highest BCUT2D eigenvalue weighted by Gasteiger charge is 2.15. The molecule has 2 aromatic heterocycles. The Kier molecular flexibility index (Phi) is 5.66. The van der Waals surface area contributed by atoms with E-state index in [1.807, 2.05) is 18.5 Å². The zero-order valence-electron chi connectivity index (χ0n) is 15.5. The van der Waals surface area contributed by atoms with Crippen LogP contribution < -0.4 is 5.32 Å². The first-order valence-corrected chi connectivity index (χ1v) is 8.61. The minimum Gasteiger partial charge on any atom is -0.383 e. The Morgan fingerprint density at radius 1 is 1.30 bits per heavy atom. The van der Waals surface area contributed by atoms with E-state index in [0.717, 1.165) is 22.5 Å². The van der Waals surface area contributed by atoms with Gasteiger partial charge < -0.3 is 10.1 Å². The van der Waals surface area contributed by atoms with Crippen LogP contribution in [0.25, 0.3) is 11.3 Å². The van der Waals surface area contributed by atoms with E-state index in [-0.39, 0.29) is 11.7 Å². The van der Waals surface area contributed by atoms with Crippen LogP contribution >= 0.6 is 0 Å². The summed E-state index contributed by atoms with van der Waals surface area (Å²) in [5.74, 6) is -0.580. The van der Waals surface area contributed by atoms with Gasteiger partial charge in [-0.15, -0.1) is 0 Å². The molecule has 2 N–H and O–H groups in total. The number of hydrogen-bond donors (Lipinski definition) is 2. The maximum absolute atomic E-state index is 13.0. The molecule has 0 atom stereocenters. The molecule has 0 spiro atoms. The lowest BCUT2D eigenvalue weighted by Crippen LogP contribution is -2.23. The van der Waals surface area contributed by atoms with Gasteiger partial charge in [-0.3, -0.25) is 14.6 Å². The lowest BCUT2D eigenvalue weighted by molar-refractivity contribution is 0.0946. The first-order valence-electron chi connectivity index (χ1n) is 8.61. The Bertz CT molecular complexity index is 930. The third-order valence-corrected chi connectivity index (χ3v) is 4.43. The summed E-state index contributed by atoms with van der Waals surface area (Å²) in [4.78, 5) is 12.4. The quantitative estimate of drug-likeness (QED) is 0.669. The number of nitrogens with zero attached hydrogens (tertiary/aromatic N) is 3. The predicted octanol–water partition coefficient (Wildman–Crippen LogP) is 2.61. The number of benzene rings is 1. The highest BCUT2D eigenvalue weighted by Crippen LogP contribution is 2.18. The summed E-state index contributed by atoms with van der Waals surface area (Å²) in [5.41, 5.74) is 4.52. The van der Waals surface area contributed by atoms with Crippen molar-refractivity contribution in [2.45, 2.75) is 26.9 Å². The molecule has 8 heteroatoms. The molecule has 3 aromatic rings. The molecule has 1 aromatic carbocycles. The third kappa shape index (κ3) is 4.22. The van der Waals surface area contributed by atoms with Crippen LogP contribution in [0.4, 0.5) is 4.39 Å². The number of aryl methyl sites for hydroxylation is 1. The minimum atomic E-state index is -0.316. The standard InChI is InChI=1S/C19H22FN5O2/c1-12-16(13(2)25(24-12)8-9-27-3)11-21-19(26)18-10-17(22-23-18)14-4-6-15(20)7-5-14/h4-7,10H,8-9,11H2,1-3H3,(H,21,26)(H,22,23). The molecule has 142 valence electrons. The van der Waals surface area contributed by atoms with E-state index in [0.29, 0.717) is 31.1 Å². The molecule has 27 heavy (non-hydrogen) atoms. The summed E-state index contributed by atoms with van der Waals surface area (Å²) in [6.07, 6.45) is 0. The molecule has 0 aliphatic heterocycles. The maximum Gasteiger partial charge on any atom is 0.269 e. The number of H-pyrrole nitrogens is 1. The van der Waals surface area contributed by atoms with Crippen LogP contribution in [0, 0.1) is 19.7 Å². The largest absolute Gasteiger partial charge is 0.383 e. The van der Waals surface area contributed by atoms with Crippen molar-refractivity contribution in [3.63, 3.8) is 0 Å². The monoisotopic (exact) mass is 371 g/mol. The second-order valence-corrected chi connectivity index (χ2v) is 6.22.